The molecule has 0 unspecified atom stereocenters. The van der Waals surface area contributed by atoms with E-state index >= 15 is 0 Å². The SMILES string of the molecule is CNCCNC(=O)c1ccc(Br)c(F)c1.Cl. The van der Waals surface area contributed by atoms with Gasteiger partial charge < -0.3 is 10.6 Å². The minimum absolute atomic E-state index is 0. The summed E-state index contributed by atoms with van der Waals surface area (Å²) in [6, 6.07) is 4.29. The number of halogens is 3. The Morgan fingerprint density at radius 2 is 2.12 bits per heavy atom. The molecule has 0 saturated heterocycles. The molecule has 6 heteroatoms. The smallest absolute Gasteiger partial charge is 0.251 e. The standard InChI is InChI=1S/C10H12BrFN2O.ClH/c1-13-4-5-14-10(15)7-2-3-8(11)9(12)6-7;/h2-3,6,13H,4-5H2,1H3,(H,14,15);1H. The quantitative estimate of drug-likeness (QED) is 0.835. The molecule has 0 spiro atoms. The van der Waals surface area contributed by atoms with Crippen LogP contribution in [-0.4, -0.2) is 26.0 Å². The minimum Gasteiger partial charge on any atom is -0.351 e. The van der Waals surface area contributed by atoms with E-state index in [9.17, 15) is 9.18 Å². The van der Waals surface area contributed by atoms with E-state index in [2.05, 4.69) is 26.6 Å². The van der Waals surface area contributed by atoms with Crippen LogP contribution in [0.4, 0.5) is 4.39 Å². The van der Waals surface area contributed by atoms with Crippen LogP contribution in [0.2, 0.25) is 0 Å². The Morgan fingerprint density at radius 3 is 2.69 bits per heavy atom. The van der Waals surface area contributed by atoms with Crippen molar-refractivity contribution < 1.29 is 9.18 Å². The van der Waals surface area contributed by atoms with Gasteiger partial charge in [0.05, 0.1) is 4.47 Å². The average Bonchev–Trinajstić information content (AvgIpc) is 2.22. The Balaban J connectivity index is 0.00000225. The van der Waals surface area contributed by atoms with Gasteiger partial charge in [-0.05, 0) is 41.2 Å². The first-order valence-corrected chi connectivity index (χ1v) is 5.32. The van der Waals surface area contributed by atoms with Crippen LogP contribution in [0.3, 0.4) is 0 Å². The molecule has 0 aliphatic carbocycles. The summed E-state index contributed by atoms with van der Waals surface area (Å²) in [6.07, 6.45) is 0. The van der Waals surface area contributed by atoms with Gasteiger partial charge in [0.2, 0.25) is 0 Å². The average molecular weight is 312 g/mol. The highest BCUT2D eigenvalue weighted by Gasteiger charge is 2.07. The molecule has 0 saturated carbocycles. The molecular weight excluding hydrogens is 298 g/mol. The third-order valence-corrected chi connectivity index (χ3v) is 2.49. The van der Waals surface area contributed by atoms with Gasteiger partial charge in [0, 0.05) is 18.7 Å². The molecular formula is C10H13BrClFN2O. The lowest BCUT2D eigenvalue weighted by Crippen LogP contribution is -2.30. The molecule has 1 amide bonds. The number of nitrogens with one attached hydrogen (secondary N) is 2. The molecule has 90 valence electrons. The summed E-state index contributed by atoms with van der Waals surface area (Å²) < 4.78 is 13.4. The van der Waals surface area contributed by atoms with Crippen molar-refractivity contribution >= 4 is 34.2 Å². The Kier molecular flexibility index (Phi) is 7.29. The van der Waals surface area contributed by atoms with Crippen LogP contribution in [0.15, 0.2) is 22.7 Å². The summed E-state index contributed by atoms with van der Waals surface area (Å²) in [5, 5.41) is 5.56. The molecule has 16 heavy (non-hydrogen) atoms. The molecule has 0 heterocycles. The van der Waals surface area contributed by atoms with Crippen molar-refractivity contribution in [3.05, 3.63) is 34.1 Å². The highest BCUT2D eigenvalue weighted by atomic mass is 79.9. The molecule has 2 N–H and O–H groups in total. The fraction of sp³-hybridized carbons (Fsp3) is 0.300. The molecule has 0 atom stereocenters. The Bertz CT molecular complexity index is 363. The lowest BCUT2D eigenvalue weighted by Gasteiger charge is -2.05. The number of carbonyl (C=O) groups is 1. The Morgan fingerprint density at radius 1 is 1.44 bits per heavy atom. The number of hydrogen-bond acceptors (Lipinski definition) is 2. The third kappa shape index (κ3) is 4.47. The molecule has 1 aromatic rings. The predicted molar refractivity (Wildman–Crippen MR) is 67.6 cm³/mol. The minimum atomic E-state index is -0.434. The summed E-state index contributed by atoms with van der Waals surface area (Å²) in [6.45, 7) is 1.21. The van der Waals surface area contributed by atoms with Gasteiger partial charge in [0.1, 0.15) is 5.82 Å². The summed E-state index contributed by atoms with van der Waals surface area (Å²) in [5.74, 6) is -0.701. The van der Waals surface area contributed by atoms with Crippen LogP contribution in [-0.2, 0) is 0 Å². The predicted octanol–water partition coefficient (Wildman–Crippen LogP) is 1.96. The largest absolute Gasteiger partial charge is 0.351 e. The molecule has 1 rings (SSSR count). The second-order valence-electron chi connectivity index (χ2n) is 2.99. The lowest BCUT2D eigenvalue weighted by molar-refractivity contribution is 0.0953. The van der Waals surface area contributed by atoms with E-state index in [-0.39, 0.29) is 18.3 Å². The van der Waals surface area contributed by atoms with E-state index in [4.69, 9.17) is 0 Å². The molecule has 0 bridgehead atoms. The summed E-state index contributed by atoms with van der Waals surface area (Å²) in [5.41, 5.74) is 0.326. The summed E-state index contributed by atoms with van der Waals surface area (Å²) >= 11 is 3.03. The monoisotopic (exact) mass is 310 g/mol. The molecule has 1 aromatic carbocycles. The Hall–Kier alpha value is -0.650. The van der Waals surface area contributed by atoms with Crippen molar-refractivity contribution in [1.82, 2.24) is 10.6 Å². The number of hydrogen-bond donors (Lipinski definition) is 2. The van der Waals surface area contributed by atoms with Gasteiger partial charge in [-0.3, -0.25) is 4.79 Å². The number of carbonyl (C=O) groups excluding carboxylic acids is 1. The second kappa shape index (κ2) is 7.60. The van der Waals surface area contributed by atoms with E-state index in [0.29, 0.717) is 23.1 Å². The van der Waals surface area contributed by atoms with Gasteiger partial charge in [0.25, 0.3) is 5.91 Å². The second-order valence-corrected chi connectivity index (χ2v) is 3.84. The van der Waals surface area contributed by atoms with Crippen molar-refractivity contribution in [3.63, 3.8) is 0 Å². The van der Waals surface area contributed by atoms with E-state index in [1.54, 1.807) is 13.1 Å². The fourth-order valence-electron chi connectivity index (χ4n) is 1.04. The van der Waals surface area contributed by atoms with Crippen LogP contribution < -0.4 is 10.6 Å². The highest BCUT2D eigenvalue weighted by Crippen LogP contribution is 2.16. The number of likely N-dealkylation sites (N-methyl/N-ethyl adjacent to an activating group) is 1. The van der Waals surface area contributed by atoms with Crippen LogP contribution in [0, 0.1) is 5.82 Å². The van der Waals surface area contributed by atoms with Gasteiger partial charge >= 0.3 is 0 Å². The van der Waals surface area contributed by atoms with E-state index < -0.39 is 5.82 Å². The molecule has 3 nitrogen and oxygen atoms in total. The third-order valence-electron chi connectivity index (χ3n) is 1.84. The number of benzene rings is 1. The van der Waals surface area contributed by atoms with E-state index in [1.165, 1.54) is 12.1 Å². The molecule has 0 aliphatic rings. The topological polar surface area (TPSA) is 41.1 Å². The molecule has 0 radical (unpaired) electrons. The molecule has 0 aromatic heterocycles. The van der Waals surface area contributed by atoms with Crippen LogP contribution in [0.25, 0.3) is 0 Å². The van der Waals surface area contributed by atoms with Crippen LogP contribution in [0.5, 0.6) is 0 Å². The zero-order valence-corrected chi connectivity index (χ0v) is 11.1. The number of rotatable bonds is 4. The van der Waals surface area contributed by atoms with Crippen LogP contribution in [0.1, 0.15) is 10.4 Å². The summed E-state index contributed by atoms with van der Waals surface area (Å²) in [4.78, 5) is 11.5. The van der Waals surface area contributed by atoms with E-state index in [0.717, 1.165) is 0 Å². The first-order chi connectivity index (χ1) is 7.15. The lowest BCUT2D eigenvalue weighted by atomic mass is 10.2. The normalized spacial score (nSPS) is 9.44. The van der Waals surface area contributed by atoms with Crippen LogP contribution >= 0.6 is 28.3 Å². The van der Waals surface area contributed by atoms with Crippen molar-refractivity contribution in [2.24, 2.45) is 0 Å². The maximum Gasteiger partial charge on any atom is 0.251 e. The van der Waals surface area contributed by atoms with Crippen molar-refractivity contribution in [2.45, 2.75) is 0 Å². The maximum atomic E-state index is 13.1. The number of amides is 1. The molecule has 0 fully saturated rings. The fourth-order valence-corrected chi connectivity index (χ4v) is 1.29. The maximum absolute atomic E-state index is 13.1. The van der Waals surface area contributed by atoms with Gasteiger partial charge in [-0.25, -0.2) is 4.39 Å². The zero-order valence-electron chi connectivity index (χ0n) is 8.72. The Labute approximate surface area is 108 Å². The van der Waals surface area contributed by atoms with Gasteiger partial charge in [-0.15, -0.1) is 12.4 Å². The summed E-state index contributed by atoms with van der Waals surface area (Å²) in [7, 11) is 1.80. The first kappa shape index (κ1) is 15.3. The van der Waals surface area contributed by atoms with Crippen molar-refractivity contribution in [2.75, 3.05) is 20.1 Å². The first-order valence-electron chi connectivity index (χ1n) is 4.53. The van der Waals surface area contributed by atoms with E-state index in [1.807, 2.05) is 0 Å². The van der Waals surface area contributed by atoms with Gasteiger partial charge in [0.15, 0.2) is 0 Å². The molecule has 0 aliphatic heterocycles. The zero-order chi connectivity index (χ0) is 11.3. The highest BCUT2D eigenvalue weighted by molar-refractivity contribution is 9.10. The van der Waals surface area contributed by atoms with Crippen molar-refractivity contribution in [3.8, 4) is 0 Å². The van der Waals surface area contributed by atoms with Gasteiger partial charge in [-0.1, -0.05) is 0 Å². The van der Waals surface area contributed by atoms with Crippen molar-refractivity contribution in [1.29, 1.82) is 0 Å². The van der Waals surface area contributed by atoms with Gasteiger partial charge in [-0.2, -0.15) is 0 Å².